The van der Waals surface area contributed by atoms with Crippen molar-refractivity contribution in [3.05, 3.63) is 23.8 Å². The number of ketones is 1. The van der Waals surface area contributed by atoms with Crippen molar-refractivity contribution < 1.29 is 24.2 Å². The summed E-state index contributed by atoms with van der Waals surface area (Å²) in [6, 6.07) is 0. The van der Waals surface area contributed by atoms with Crippen LogP contribution in [0.2, 0.25) is 0 Å². The molecule has 0 bridgehead atoms. The molecule has 10 atom stereocenters. The number of aliphatic hydroxyl groups excluding tert-OH is 1. The summed E-state index contributed by atoms with van der Waals surface area (Å²) in [7, 11) is 2.74. The van der Waals surface area contributed by atoms with Crippen LogP contribution >= 0.6 is 9.24 Å². The topological polar surface area (TPSA) is 74.6 Å². The van der Waals surface area contributed by atoms with E-state index >= 15 is 4.39 Å². The minimum absolute atomic E-state index is 0.0526. The molecule has 162 valence electrons. The third-order valence-electron chi connectivity index (χ3n) is 8.34. The summed E-state index contributed by atoms with van der Waals surface area (Å²) >= 11 is 0. The van der Waals surface area contributed by atoms with Gasteiger partial charge in [0.2, 0.25) is 0 Å². The molecule has 0 amide bonds. The average molecular weight is 424 g/mol. The molecule has 29 heavy (non-hydrogen) atoms. The summed E-state index contributed by atoms with van der Waals surface area (Å²) in [4.78, 5) is 23.9. The number of halogens is 1. The van der Waals surface area contributed by atoms with Crippen LogP contribution in [0.3, 0.4) is 0 Å². The molecule has 6 heteroatoms. The standard InChI is InChI=1S/C21H28FO4P.C2H6/c1-10-6-12-13-8-15(27)14-7-11(23)4-5-20(14,3)21(13,22)16(24)9-19(12,2)17(10)18(25)26;1-2/h4-5,7,10,12-13,15-17,24H,6,8-9,27H2,1-3H3,(H,25,26);1-2H3/t10-,12?,13?,15+,16?,17-,19+,20+,21?;/m1./s1. The molecule has 5 unspecified atom stereocenters. The Balaban J connectivity index is 0.00000117. The Morgan fingerprint density at radius 3 is 2.45 bits per heavy atom. The molecule has 0 aromatic rings. The summed E-state index contributed by atoms with van der Waals surface area (Å²) in [6.07, 6.45) is 4.59. The highest BCUT2D eigenvalue weighted by Crippen LogP contribution is 2.70. The van der Waals surface area contributed by atoms with Crippen molar-refractivity contribution in [2.45, 2.75) is 71.3 Å². The Kier molecular flexibility index (Phi) is 5.67. The molecule has 4 aliphatic carbocycles. The second-order valence-electron chi connectivity index (χ2n) is 9.62. The second-order valence-corrected chi connectivity index (χ2v) is 10.4. The number of carbonyl (C=O) groups is 2. The molecule has 0 heterocycles. The van der Waals surface area contributed by atoms with E-state index in [1.165, 1.54) is 12.2 Å². The van der Waals surface area contributed by atoms with E-state index in [2.05, 4.69) is 9.24 Å². The van der Waals surface area contributed by atoms with E-state index in [9.17, 15) is 19.8 Å². The summed E-state index contributed by atoms with van der Waals surface area (Å²) in [5.41, 5.74) is -2.92. The second kappa shape index (κ2) is 7.27. The number of rotatable bonds is 1. The number of carbonyl (C=O) groups excluding carboxylic acids is 1. The first-order valence-corrected chi connectivity index (χ1v) is 11.4. The number of carboxylic acids is 1. The number of allylic oxidation sites excluding steroid dienone is 4. The van der Waals surface area contributed by atoms with Crippen molar-refractivity contribution in [3.63, 3.8) is 0 Å². The lowest BCUT2D eigenvalue weighted by Crippen LogP contribution is -2.68. The van der Waals surface area contributed by atoms with Crippen molar-refractivity contribution in [2.24, 2.45) is 34.5 Å². The van der Waals surface area contributed by atoms with E-state index in [-0.39, 0.29) is 29.7 Å². The van der Waals surface area contributed by atoms with E-state index in [0.717, 1.165) is 5.57 Å². The Hall–Kier alpha value is -1.06. The smallest absolute Gasteiger partial charge is 0.307 e. The van der Waals surface area contributed by atoms with Crippen molar-refractivity contribution in [1.29, 1.82) is 0 Å². The fourth-order valence-electron chi connectivity index (χ4n) is 7.22. The Morgan fingerprint density at radius 2 is 1.86 bits per heavy atom. The molecule has 0 aliphatic heterocycles. The van der Waals surface area contributed by atoms with Gasteiger partial charge in [-0.1, -0.05) is 33.8 Å². The van der Waals surface area contributed by atoms with E-state index in [4.69, 9.17) is 0 Å². The first-order valence-electron chi connectivity index (χ1n) is 10.8. The van der Waals surface area contributed by atoms with Crippen LogP contribution in [-0.4, -0.2) is 39.4 Å². The first-order chi connectivity index (χ1) is 13.5. The molecule has 4 aliphatic rings. The maximum atomic E-state index is 16.9. The fourth-order valence-corrected chi connectivity index (χ4v) is 7.96. The van der Waals surface area contributed by atoms with Gasteiger partial charge in [0, 0.05) is 11.3 Å². The van der Waals surface area contributed by atoms with Gasteiger partial charge in [0.15, 0.2) is 11.5 Å². The number of aliphatic hydroxyl groups is 1. The number of carboxylic acid groups (broad SMARTS) is 1. The number of alkyl halides is 1. The molecule has 0 saturated heterocycles. The van der Waals surface area contributed by atoms with Gasteiger partial charge >= 0.3 is 5.97 Å². The minimum atomic E-state index is -1.90. The zero-order chi connectivity index (χ0) is 21.9. The number of hydrogen-bond donors (Lipinski definition) is 2. The lowest BCUT2D eigenvalue weighted by molar-refractivity contribution is -0.197. The van der Waals surface area contributed by atoms with Crippen LogP contribution in [0, 0.1) is 34.5 Å². The van der Waals surface area contributed by atoms with Crippen molar-refractivity contribution >= 4 is 21.0 Å². The zero-order valence-corrected chi connectivity index (χ0v) is 19.1. The van der Waals surface area contributed by atoms with Crippen LogP contribution < -0.4 is 0 Å². The quantitative estimate of drug-likeness (QED) is 0.619. The van der Waals surface area contributed by atoms with Gasteiger partial charge in [0.05, 0.1) is 12.0 Å². The number of aliphatic carboxylic acids is 1. The summed E-state index contributed by atoms with van der Waals surface area (Å²) < 4.78 is 16.9. The zero-order valence-electron chi connectivity index (χ0n) is 18.0. The van der Waals surface area contributed by atoms with Gasteiger partial charge in [0.25, 0.3) is 0 Å². The predicted octanol–water partition coefficient (Wildman–Crippen LogP) is 4.18. The largest absolute Gasteiger partial charge is 0.481 e. The third kappa shape index (κ3) is 2.83. The molecular weight excluding hydrogens is 390 g/mol. The molecule has 3 fully saturated rings. The van der Waals surface area contributed by atoms with Crippen LogP contribution in [0.25, 0.3) is 0 Å². The normalized spacial score (nSPS) is 50.5. The van der Waals surface area contributed by atoms with Gasteiger partial charge in [-0.3, -0.25) is 9.59 Å². The molecule has 0 aromatic carbocycles. The molecular formula is C23H34FO4P. The van der Waals surface area contributed by atoms with E-state index < -0.39 is 40.4 Å². The molecule has 4 nitrogen and oxygen atoms in total. The lowest BCUT2D eigenvalue weighted by Gasteiger charge is -2.63. The van der Waals surface area contributed by atoms with Crippen LogP contribution in [0.4, 0.5) is 4.39 Å². The number of hydrogen-bond acceptors (Lipinski definition) is 3. The third-order valence-corrected chi connectivity index (χ3v) is 8.97. The Morgan fingerprint density at radius 1 is 1.24 bits per heavy atom. The molecule has 3 saturated carbocycles. The van der Waals surface area contributed by atoms with Gasteiger partial charge in [-0.15, -0.1) is 9.24 Å². The van der Waals surface area contributed by atoms with E-state index in [1.807, 2.05) is 27.7 Å². The van der Waals surface area contributed by atoms with Gasteiger partial charge in [-0.25, -0.2) is 4.39 Å². The predicted molar refractivity (Wildman–Crippen MR) is 114 cm³/mol. The lowest BCUT2D eigenvalue weighted by atomic mass is 9.45. The first kappa shape index (κ1) is 22.6. The Labute approximate surface area is 175 Å². The van der Waals surface area contributed by atoms with Gasteiger partial charge in [-0.05, 0) is 66.8 Å². The van der Waals surface area contributed by atoms with Crippen LogP contribution in [-0.2, 0) is 9.59 Å². The van der Waals surface area contributed by atoms with E-state index in [0.29, 0.717) is 12.8 Å². The van der Waals surface area contributed by atoms with Gasteiger partial charge < -0.3 is 10.2 Å². The Bertz CT molecular complexity index is 779. The molecule has 4 rings (SSSR count). The maximum Gasteiger partial charge on any atom is 0.307 e. The van der Waals surface area contributed by atoms with Crippen molar-refractivity contribution in [1.82, 2.24) is 0 Å². The fraction of sp³-hybridized carbons (Fsp3) is 0.739. The minimum Gasteiger partial charge on any atom is -0.481 e. The molecule has 0 aromatic heterocycles. The molecule has 0 radical (unpaired) electrons. The van der Waals surface area contributed by atoms with Gasteiger partial charge in [-0.2, -0.15) is 0 Å². The van der Waals surface area contributed by atoms with Crippen LogP contribution in [0.1, 0.15) is 53.9 Å². The highest BCUT2D eigenvalue weighted by Gasteiger charge is 2.72. The summed E-state index contributed by atoms with van der Waals surface area (Å²) in [5.74, 6) is -2.16. The van der Waals surface area contributed by atoms with Crippen molar-refractivity contribution in [3.8, 4) is 0 Å². The summed E-state index contributed by atoms with van der Waals surface area (Å²) in [6.45, 7) is 9.64. The van der Waals surface area contributed by atoms with Crippen LogP contribution in [0.15, 0.2) is 23.8 Å². The van der Waals surface area contributed by atoms with Crippen molar-refractivity contribution in [2.75, 3.05) is 0 Å². The SMILES string of the molecule is CC.C[C@@H]1CC2C3C[C@H](P)C4=CC(=O)C=C[C@]4(C)C3(F)C(O)C[C@]2(C)[C@H]1C(=O)O. The highest BCUT2D eigenvalue weighted by molar-refractivity contribution is 7.18. The molecule has 0 spiro atoms. The average Bonchev–Trinajstić information content (AvgIpc) is 2.91. The maximum absolute atomic E-state index is 16.9. The summed E-state index contributed by atoms with van der Waals surface area (Å²) in [5, 5.41) is 20.9. The van der Waals surface area contributed by atoms with Crippen LogP contribution in [0.5, 0.6) is 0 Å². The highest BCUT2D eigenvalue weighted by atomic mass is 31.0. The molecule has 2 N–H and O–H groups in total. The number of fused-ring (bicyclic) bond motifs is 5. The van der Waals surface area contributed by atoms with Gasteiger partial charge in [0.1, 0.15) is 0 Å². The van der Waals surface area contributed by atoms with E-state index in [1.54, 1.807) is 13.0 Å². The monoisotopic (exact) mass is 424 g/mol.